The zero-order valence-electron chi connectivity index (χ0n) is 11.9. The topological polar surface area (TPSA) is 69.9 Å². The first kappa shape index (κ1) is 16.5. The number of aromatic hydroxyl groups is 1. The Bertz CT molecular complexity index is 741. The second-order valence-corrected chi connectivity index (χ2v) is 5.92. The highest BCUT2D eigenvalue weighted by Crippen LogP contribution is 2.38. The highest BCUT2D eigenvalue weighted by atomic mass is 79.9. The van der Waals surface area contributed by atoms with Gasteiger partial charge >= 0.3 is 5.97 Å². The van der Waals surface area contributed by atoms with E-state index in [0.717, 1.165) is 11.1 Å². The molecule has 4 nitrogen and oxygen atoms in total. The second-order valence-electron chi connectivity index (χ2n) is 4.75. The molecule has 0 aliphatic carbocycles. The average Bonchev–Trinajstić information content (AvgIpc) is 2.51. The Morgan fingerprint density at radius 3 is 2.36 bits per heavy atom. The lowest BCUT2D eigenvalue weighted by Gasteiger charge is -2.11. The maximum absolute atomic E-state index is 10.8. The van der Waals surface area contributed by atoms with E-state index < -0.39 is 5.97 Å². The van der Waals surface area contributed by atoms with E-state index in [1.54, 1.807) is 19.1 Å². The van der Waals surface area contributed by atoms with Crippen LogP contribution in [0.25, 0.3) is 0 Å². The van der Waals surface area contributed by atoms with Crippen molar-refractivity contribution >= 4 is 45.4 Å². The van der Waals surface area contributed by atoms with Gasteiger partial charge in [0.1, 0.15) is 5.75 Å². The Morgan fingerprint density at radius 2 is 1.82 bits per heavy atom. The minimum absolute atomic E-state index is 0.0744. The number of aromatic carboxylic acids is 1. The van der Waals surface area contributed by atoms with Crippen LogP contribution in [-0.2, 0) is 0 Å². The van der Waals surface area contributed by atoms with Crippen molar-refractivity contribution in [2.45, 2.75) is 13.8 Å². The molecule has 0 aliphatic heterocycles. The van der Waals surface area contributed by atoms with Gasteiger partial charge in [-0.2, -0.15) is 0 Å². The average molecular weight is 383 g/mol. The number of carboxylic acid groups (broad SMARTS) is 1. The van der Waals surface area contributed by atoms with E-state index in [4.69, 9.17) is 16.7 Å². The molecule has 0 bridgehead atoms. The molecule has 0 atom stereocenters. The molecule has 114 valence electrons. The third-order valence-electron chi connectivity index (χ3n) is 3.31. The molecule has 0 aliphatic rings. The first-order valence-electron chi connectivity index (χ1n) is 6.37. The summed E-state index contributed by atoms with van der Waals surface area (Å²) in [4.78, 5) is 15.0. The Morgan fingerprint density at radius 1 is 1.23 bits per heavy atom. The Labute approximate surface area is 141 Å². The number of aliphatic imine (C=N–C) groups is 1. The van der Waals surface area contributed by atoms with Crippen molar-refractivity contribution < 1.29 is 15.0 Å². The molecule has 6 heteroatoms. The zero-order valence-corrected chi connectivity index (χ0v) is 14.2. The number of hydrogen-bond donors (Lipinski definition) is 2. The molecule has 2 N–H and O–H groups in total. The lowest BCUT2D eigenvalue weighted by Crippen LogP contribution is -1.95. The molecule has 2 aromatic carbocycles. The van der Waals surface area contributed by atoms with Crippen LogP contribution in [0.3, 0.4) is 0 Å². The van der Waals surface area contributed by atoms with E-state index in [2.05, 4.69) is 20.9 Å². The van der Waals surface area contributed by atoms with E-state index in [9.17, 15) is 9.90 Å². The quantitative estimate of drug-likeness (QED) is 0.744. The van der Waals surface area contributed by atoms with Crippen molar-refractivity contribution in [1.29, 1.82) is 0 Å². The molecular weight excluding hydrogens is 370 g/mol. The lowest BCUT2D eigenvalue weighted by molar-refractivity contribution is 0.0697. The fraction of sp³-hybridized carbons (Fsp3) is 0.125. The van der Waals surface area contributed by atoms with Gasteiger partial charge in [-0.05, 0) is 65.2 Å². The summed E-state index contributed by atoms with van der Waals surface area (Å²) in [7, 11) is 0. The molecule has 0 radical (unpaired) electrons. The van der Waals surface area contributed by atoms with Gasteiger partial charge in [0.2, 0.25) is 0 Å². The van der Waals surface area contributed by atoms with Crippen molar-refractivity contribution in [2.24, 2.45) is 4.99 Å². The molecule has 22 heavy (non-hydrogen) atoms. The van der Waals surface area contributed by atoms with Gasteiger partial charge in [-0.1, -0.05) is 11.6 Å². The van der Waals surface area contributed by atoms with Crippen LogP contribution in [0.2, 0.25) is 5.02 Å². The standard InChI is InChI=1S/C16H13BrClNO3/c1-8-12(15(20)13(17)9(2)14(8)18)7-19-11-5-3-10(4-6-11)16(21)22/h3-7,20H,1-2H3,(H,21,22). The number of phenols is 1. The number of phenolic OH excluding ortho intramolecular Hbond substituents is 1. The van der Waals surface area contributed by atoms with E-state index >= 15 is 0 Å². The third-order valence-corrected chi connectivity index (χ3v) is 4.85. The fourth-order valence-corrected chi connectivity index (χ4v) is 2.68. The van der Waals surface area contributed by atoms with Crippen LogP contribution in [0.1, 0.15) is 27.0 Å². The van der Waals surface area contributed by atoms with Crippen molar-refractivity contribution in [3.63, 3.8) is 0 Å². The Kier molecular flexibility index (Phi) is 4.88. The molecule has 0 spiro atoms. The largest absolute Gasteiger partial charge is 0.506 e. The summed E-state index contributed by atoms with van der Waals surface area (Å²) in [6.45, 7) is 3.61. The van der Waals surface area contributed by atoms with Crippen LogP contribution >= 0.6 is 27.5 Å². The van der Waals surface area contributed by atoms with E-state index in [-0.39, 0.29) is 11.3 Å². The van der Waals surface area contributed by atoms with Gasteiger partial charge in [-0.25, -0.2) is 4.79 Å². The predicted molar refractivity (Wildman–Crippen MR) is 90.9 cm³/mol. The van der Waals surface area contributed by atoms with Crippen LogP contribution in [0, 0.1) is 13.8 Å². The van der Waals surface area contributed by atoms with Crippen LogP contribution in [0.5, 0.6) is 5.75 Å². The first-order valence-corrected chi connectivity index (χ1v) is 7.54. The molecule has 0 amide bonds. The van der Waals surface area contributed by atoms with Gasteiger partial charge in [0.25, 0.3) is 0 Å². The van der Waals surface area contributed by atoms with Crippen LogP contribution in [0.15, 0.2) is 33.7 Å². The van der Waals surface area contributed by atoms with Crippen molar-refractivity contribution in [3.8, 4) is 5.75 Å². The molecule has 0 aromatic heterocycles. The molecule has 0 unspecified atom stereocenters. The molecule has 2 rings (SSSR count). The minimum atomic E-state index is -0.988. The lowest BCUT2D eigenvalue weighted by atomic mass is 10.0. The van der Waals surface area contributed by atoms with Crippen molar-refractivity contribution in [3.05, 3.63) is 56.0 Å². The number of rotatable bonds is 3. The van der Waals surface area contributed by atoms with Gasteiger partial charge in [-0.15, -0.1) is 0 Å². The van der Waals surface area contributed by atoms with E-state index in [0.29, 0.717) is 20.7 Å². The van der Waals surface area contributed by atoms with Crippen molar-refractivity contribution in [1.82, 2.24) is 0 Å². The van der Waals surface area contributed by atoms with Gasteiger partial charge in [0.15, 0.2) is 0 Å². The number of halogens is 2. The number of benzene rings is 2. The maximum atomic E-state index is 10.8. The minimum Gasteiger partial charge on any atom is -0.506 e. The number of hydrogen-bond acceptors (Lipinski definition) is 3. The highest BCUT2D eigenvalue weighted by Gasteiger charge is 2.15. The molecule has 0 saturated heterocycles. The highest BCUT2D eigenvalue weighted by molar-refractivity contribution is 9.10. The molecule has 0 fully saturated rings. The number of carbonyl (C=O) groups is 1. The molecule has 0 saturated carbocycles. The summed E-state index contributed by atoms with van der Waals surface area (Å²) in [5.74, 6) is -0.913. The molecule has 0 heterocycles. The summed E-state index contributed by atoms with van der Waals surface area (Å²) < 4.78 is 0.533. The Hall–Kier alpha value is -1.85. The Balaban J connectivity index is 2.40. The summed E-state index contributed by atoms with van der Waals surface area (Å²) in [5, 5.41) is 19.6. The number of carboxylic acids is 1. The van der Waals surface area contributed by atoms with E-state index in [1.165, 1.54) is 18.3 Å². The van der Waals surface area contributed by atoms with Crippen LogP contribution < -0.4 is 0 Å². The second kappa shape index (κ2) is 6.50. The van der Waals surface area contributed by atoms with Crippen LogP contribution in [-0.4, -0.2) is 22.4 Å². The number of nitrogens with zero attached hydrogens (tertiary/aromatic N) is 1. The van der Waals surface area contributed by atoms with E-state index in [1.807, 2.05) is 6.92 Å². The SMILES string of the molecule is Cc1c(Cl)c(C)c(C=Nc2ccc(C(=O)O)cc2)c(O)c1Br. The smallest absolute Gasteiger partial charge is 0.335 e. The molecular formula is C16H13BrClNO3. The summed E-state index contributed by atoms with van der Waals surface area (Å²) in [5.41, 5.74) is 2.78. The van der Waals surface area contributed by atoms with Crippen molar-refractivity contribution in [2.75, 3.05) is 0 Å². The van der Waals surface area contributed by atoms with Gasteiger partial charge in [0.05, 0.1) is 15.7 Å². The molecule has 2 aromatic rings. The maximum Gasteiger partial charge on any atom is 0.335 e. The van der Waals surface area contributed by atoms with Gasteiger partial charge in [0, 0.05) is 16.8 Å². The van der Waals surface area contributed by atoms with Gasteiger partial charge < -0.3 is 10.2 Å². The summed E-state index contributed by atoms with van der Waals surface area (Å²) in [6, 6.07) is 6.13. The fourth-order valence-electron chi connectivity index (χ4n) is 1.96. The van der Waals surface area contributed by atoms with Crippen LogP contribution in [0.4, 0.5) is 5.69 Å². The zero-order chi connectivity index (χ0) is 16.4. The normalized spacial score (nSPS) is 11.1. The summed E-state index contributed by atoms with van der Waals surface area (Å²) in [6.07, 6.45) is 1.51. The first-order chi connectivity index (χ1) is 10.3. The van der Waals surface area contributed by atoms with Gasteiger partial charge in [-0.3, -0.25) is 4.99 Å². The monoisotopic (exact) mass is 381 g/mol. The third kappa shape index (κ3) is 3.15. The summed E-state index contributed by atoms with van der Waals surface area (Å²) >= 11 is 9.53. The predicted octanol–water partition coefficient (Wildman–Crippen LogP) is 4.87.